The van der Waals surface area contributed by atoms with Crippen molar-refractivity contribution in [2.24, 2.45) is 17.3 Å². The maximum Gasteiger partial charge on any atom is 0.0712 e. The molecule has 3 fully saturated rings. The van der Waals surface area contributed by atoms with E-state index >= 15 is 0 Å². The number of piperidine rings is 1. The molecule has 0 aromatic rings. The van der Waals surface area contributed by atoms with Gasteiger partial charge in [0, 0.05) is 6.04 Å². The Morgan fingerprint density at radius 3 is 2.45 bits per heavy atom. The maximum absolute atomic E-state index is 6.43. The highest BCUT2D eigenvalue weighted by Crippen LogP contribution is 2.56. The lowest BCUT2D eigenvalue weighted by molar-refractivity contribution is -0.221. The minimum atomic E-state index is 0.328. The lowest BCUT2D eigenvalue weighted by Gasteiger charge is -2.64. The average molecular weight is 303 g/mol. The van der Waals surface area contributed by atoms with E-state index in [1.165, 1.54) is 45.1 Å². The number of hydrogen-bond donors (Lipinski definition) is 0. The van der Waals surface area contributed by atoms with E-state index in [2.05, 4.69) is 32.6 Å². The van der Waals surface area contributed by atoms with Crippen molar-refractivity contribution in [3.8, 4) is 0 Å². The van der Waals surface area contributed by atoms with Gasteiger partial charge in [0.15, 0.2) is 0 Å². The molecule has 0 bridgehead atoms. The fourth-order valence-corrected chi connectivity index (χ4v) is 5.92. The van der Waals surface area contributed by atoms with Gasteiger partial charge < -0.3 is 4.74 Å². The Morgan fingerprint density at radius 2 is 1.91 bits per heavy atom. The second kappa shape index (κ2) is 6.13. The van der Waals surface area contributed by atoms with Crippen molar-refractivity contribution in [2.75, 3.05) is 19.8 Å². The van der Waals surface area contributed by atoms with Gasteiger partial charge in [0.2, 0.25) is 0 Å². The van der Waals surface area contributed by atoms with Crippen molar-refractivity contribution in [1.29, 1.82) is 0 Å². The molecule has 1 spiro atoms. The smallest absolute Gasteiger partial charge is 0.0712 e. The van der Waals surface area contributed by atoms with Gasteiger partial charge in [-0.05, 0) is 50.5 Å². The maximum atomic E-state index is 6.43. The molecule has 2 radical (unpaired) electrons. The summed E-state index contributed by atoms with van der Waals surface area (Å²) in [4.78, 5) is 2.77. The van der Waals surface area contributed by atoms with Gasteiger partial charge in [0.25, 0.3) is 0 Å². The molecule has 22 heavy (non-hydrogen) atoms. The summed E-state index contributed by atoms with van der Waals surface area (Å²) in [7, 11) is 6.43. The zero-order chi connectivity index (χ0) is 16.0. The molecule has 3 rings (SSSR count). The van der Waals surface area contributed by atoms with E-state index in [-0.39, 0.29) is 0 Å². The molecule has 0 aromatic carbocycles. The van der Waals surface area contributed by atoms with Crippen LogP contribution in [0.2, 0.25) is 5.82 Å². The van der Waals surface area contributed by atoms with Crippen LogP contribution in [0, 0.1) is 17.3 Å². The molecule has 3 heteroatoms. The third kappa shape index (κ3) is 2.57. The predicted molar refractivity (Wildman–Crippen MR) is 93.4 cm³/mol. The number of ether oxygens (including phenoxy) is 1. The minimum Gasteiger partial charge on any atom is -0.377 e. The highest BCUT2D eigenvalue weighted by atomic mass is 16.5. The highest BCUT2D eigenvalue weighted by molar-refractivity contribution is 6.11. The minimum absolute atomic E-state index is 0.328. The first kappa shape index (κ1) is 16.8. The Bertz CT molecular complexity index is 395. The van der Waals surface area contributed by atoms with Gasteiger partial charge in [0.1, 0.15) is 0 Å². The van der Waals surface area contributed by atoms with Crippen LogP contribution in [0.3, 0.4) is 0 Å². The van der Waals surface area contributed by atoms with Crippen molar-refractivity contribution in [1.82, 2.24) is 4.90 Å². The highest BCUT2D eigenvalue weighted by Gasteiger charge is 2.58. The Balaban J connectivity index is 1.93. The molecule has 0 aromatic heterocycles. The summed E-state index contributed by atoms with van der Waals surface area (Å²) >= 11 is 0. The van der Waals surface area contributed by atoms with E-state index in [1.54, 1.807) is 0 Å². The van der Waals surface area contributed by atoms with Gasteiger partial charge in [-0.3, -0.25) is 4.90 Å². The van der Waals surface area contributed by atoms with E-state index in [9.17, 15) is 0 Å². The monoisotopic (exact) mass is 303 g/mol. The fraction of sp³-hybridized carbons (Fsp3) is 1.00. The van der Waals surface area contributed by atoms with Gasteiger partial charge in [0.05, 0.1) is 26.6 Å². The zero-order valence-corrected chi connectivity index (χ0v) is 15.1. The van der Waals surface area contributed by atoms with Crippen LogP contribution in [0.15, 0.2) is 0 Å². The second-order valence-electron chi connectivity index (χ2n) is 8.79. The molecule has 0 N–H and O–H groups in total. The van der Waals surface area contributed by atoms with E-state index in [1.807, 2.05) is 0 Å². The third-order valence-electron chi connectivity index (χ3n) is 7.28. The van der Waals surface area contributed by atoms with Crippen molar-refractivity contribution >= 4 is 7.85 Å². The van der Waals surface area contributed by atoms with Crippen LogP contribution in [0.1, 0.15) is 66.2 Å². The van der Waals surface area contributed by atoms with E-state index in [0.717, 1.165) is 25.0 Å². The van der Waals surface area contributed by atoms with Crippen LogP contribution in [0.5, 0.6) is 0 Å². The average Bonchev–Trinajstić information content (AvgIpc) is 2.42. The van der Waals surface area contributed by atoms with E-state index in [0.29, 0.717) is 22.8 Å². The Kier molecular flexibility index (Phi) is 4.69. The van der Waals surface area contributed by atoms with Crippen molar-refractivity contribution in [3.05, 3.63) is 0 Å². The van der Waals surface area contributed by atoms with Crippen molar-refractivity contribution < 1.29 is 4.74 Å². The fourth-order valence-electron chi connectivity index (χ4n) is 5.92. The lowest BCUT2D eigenvalue weighted by Crippen LogP contribution is -2.72. The molecular formula is C19H34BNO. The summed E-state index contributed by atoms with van der Waals surface area (Å²) in [5.41, 5.74) is 0.741. The molecule has 2 nitrogen and oxygen atoms in total. The van der Waals surface area contributed by atoms with Gasteiger partial charge in [-0.15, -0.1) is 0 Å². The van der Waals surface area contributed by atoms with Crippen LogP contribution in [-0.4, -0.2) is 44.1 Å². The SMILES string of the molecule is [B]C1CCCC2C(CCN(C(C)C)C23COC3)C(C)(CC)C1. The summed E-state index contributed by atoms with van der Waals surface area (Å²) in [5.74, 6) is 2.03. The predicted octanol–water partition coefficient (Wildman–Crippen LogP) is 4.05. The lowest BCUT2D eigenvalue weighted by atomic mass is 9.53. The molecule has 4 unspecified atom stereocenters. The molecule has 2 aliphatic heterocycles. The Hall–Kier alpha value is -0.0151. The Morgan fingerprint density at radius 1 is 1.18 bits per heavy atom. The second-order valence-corrected chi connectivity index (χ2v) is 8.79. The number of fused-ring (bicyclic) bond motifs is 2. The third-order valence-corrected chi connectivity index (χ3v) is 7.28. The molecule has 124 valence electrons. The van der Waals surface area contributed by atoms with Crippen molar-refractivity contribution in [3.63, 3.8) is 0 Å². The first-order valence-electron chi connectivity index (χ1n) is 9.53. The van der Waals surface area contributed by atoms with Gasteiger partial charge in [-0.1, -0.05) is 45.3 Å². The quantitative estimate of drug-likeness (QED) is 0.714. The molecule has 0 amide bonds. The zero-order valence-electron chi connectivity index (χ0n) is 15.1. The largest absolute Gasteiger partial charge is 0.377 e. The molecule has 3 aliphatic rings. The first-order valence-corrected chi connectivity index (χ1v) is 9.53. The topological polar surface area (TPSA) is 12.5 Å². The molecule has 2 heterocycles. The molecular weight excluding hydrogens is 269 g/mol. The van der Waals surface area contributed by atoms with Crippen LogP contribution in [0.25, 0.3) is 0 Å². The number of nitrogens with zero attached hydrogens (tertiary/aromatic N) is 1. The van der Waals surface area contributed by atoms with Crippen LogP contribution in [-0.2, 0) is 4.74 Å². The van der Waals surface area contributed by atoms with Gasteiger partial charge >= 0.3 is 0 Å². The number of likely N-dealkylation sites (tertiary alicyclic amines) is 1. The van der Waals surface area contributed by atoms with Crippen LogP contribution < -0.4 is 0 Å². The summed E-state index contributed by atoms with van der Waals surface area (Å²) in [5, 5.41) is 0. The number of hydrogen-bond acceptors (Lipinski definition) is 2. The summed E-state index contributed by atoms with van der Waals surface area (Å²) in [6, 6.07) is 0.630. The summed E-state index contributed by atoms with van der Waals surface area (Å²) in [6.45, 7) is 12.8. The van der Waals surface area contributed by atoms with Crippen LogP contribution in [0.4, 0.5) is 0 Å². The van der Waals surface area contributed by atoms with Crippen LogP contribution >= 0.6 is 0 Å². The molecule has 4 atom stereocenters. The number of rotatable bonds is 2. The van der Waals surface area contributed by atoms with E-state index in [4.69, 9.17) is 12.6 Å². The van der Waals surface area contributed by atoms with Gasteiger partial charge in [-0.2, -0.15) is 0 Å². The normalized spacial score (nSPS) is 42.5. The van der Waals surface area contributed by atoms with Gasteiger partial charge in [-0.25, -0.2) is 0 Å². The summed E-state index contributed by atoms with van der Waals surface area (Å²) in [6.07, 6.45) is 7.68. The van der Waals surface area contributed by atoms with E-state index < -0.39 is 0 Å². The first-order chi connectivity index (χ1) is 10.4. The summed E-state index contributed by atoms with van der Waals surface area (Å²) < 4.78 is 5.77. The standard InChI is InChI=1S/C19H34BNO/c1-5-18(4)11-15(20)7-6-8-17-16(18)9-10-21(14(2)3)19(17)12-22-13-19/h14-17H,5-13H2,1-4H3. The van der Waals surface area contributed by atoms with Crippen molar-refractivity contribution in [2.45, 2.75) is 83.6 Å². The molecule has 1 aliphatic carbocycles. The molecule has 1 saturated carbocycles. The molecule has 2 saturated heterocycles. The Labute approximate surface area is 138 Å².